The van der Waals surface area contributed by atoms with Gasteiger partial charge in [-0.3, -0.25) is 15.0 Å². The van der Waals surface area contributed by atoms with Gasteiger partial charge >= 0.3 is 0 Å². The Morgan fingerprint density at radius 2 is 1.89 bits per heavy atom. The van der Waals surface area contributed by atoms with E-state index in [-0.39, 0.29) is 10.6 Å². The second kappa shape index (κ2) is 7.09. The Morgan fingerprint density at radius 1 is 1.26 bits per heavy atom. The van der Waals surface area contributed by atoms with Gasteiger partial charge in [0.05, 0.1) is 4.92 Å². The van der Waals surface area contributed by atoms with E-state index in [2.05, 4.69) is 37.9 Å². The van der Waals surface area contributed by atoms with Crippen LogP contribution in [0.1, 0.15) is 27.7 Å². The predicted molar refractivity (Wildman–Crippen MR) is 78.6 cm³/mol. The summed E-state index contributed by atoms with van der Waals surface area (Å²) >= 11 is 0. The van der Waals surface area contributed by atoms with Crippen LogP contribution in [-0.2, 0) is 0 Å². The number of nitrogens with zero attached hydrogens (tertiary/aromatic N) is 2. The van der Waals surface area contributed by atoms with Gasteiger partial charge in [-0.2, -0.15) is 0 Å². The van der Waals surface area contributed by atoms with Crippen molar-refractivity contribution in [3.63, 3.8) is 0 Å². The molecule has 1 N–H and O–H groups in total. The van der Waals surface area contributed by atoms with Crippen molar-refractivity contribution in [3.8, 4) is 0 Å². The molecule has 0 heterocycles. The molecule has 0 spiro atoms. The van der Waals surface area contributed by atoms with Gasteiger partial charge in [-0.1, -0.05) is 6.07 Å². The van der Waals surface area contributed by atoms with Crippen molar-refractivity contribution < 1.29 is 4.92 Å². The standard InChI is InChI=1S/C14H23N3O2/c1-11(2)16(12(3)4)9-8-15-13-6-5-7-14(10-13)17(18)19/h5-7,10-12,15H,8-9H2,1-4H3. The fourth-order valence-corrected chi connectivity index (χ4v) is 2.17. The zero-order valence-corrected chi connectivity index (χ0v) is 12.1. The lowest BCUT2D eigenvalue weighted by Gasteiger charge is -2.30. The number of nitrogens with one attached hydrogen (secondary N) is 1. The molecule has 106 valence electrons. The number of benzene rings is 1. The molecule has 0 aliphatic rings. The second-order valence-corrected chi connectivity index (χ2v) is 5.16. The van der Waals surface area contributed by atoms with E-state index in [4.69, 9.17) is 0 Å². The topological polar surface area (TPSA) is 58.4 Å². The monoisotopic (exact) mass is 265 g/mol. The highest BCUT2D eigenvalue weighted by Gasteiger charge is 2.12. The van der Waals surface area contributed by atoms with Crippen molar-refractivity contribution in [2.45, 2.75) is 39.8 Å². The van der Waals surface area contributed by atoms with E-state index >= 15 is 0 Å². The summed E-state index contributed by atoms with van der Waals surface area (Å²) in [6.45, 7) is 10.4. The summed E-state index contributed by atoms with van der Waals surface area (Å²) in [5, 5.41) is 13.9. The van der Waals surface area contributed by atoms with E-state index in [1.54, 1.807) is 12.1 Å². The number of non-ortho nitro benzene ring substituents is 1. The first-order chi connectivity index (χ1) is 8.91. The third kappa shape index (κ3) is 4.87. The van der Waals surface area contributed by atoms with Gasteiger partial charge < -0.3 is 5.32 Å². The Kier molecular flexibility index (Phi) is 5.76. The van der Waals surface area contributed by atoms with E-state index < -0.39 is 0 Å². The van der Waals surface area contributed by atoms with Gasteiger partial charge in [-0.25, -0.2) is 0 Å². The molecule has 0 radical (unpaired) electrons. The maximum absolute atomic E-state index is 10.7. The largest absolute Gasteiger partial charge is 0.384 e. The van der Waals surface area contributed by atoms with Crippen LogP contribution in [0.25, 0.3) is 0 Å². The molecular formula is C14H23N3O2. The van der Waals surface area contributed by atoms with E-state index in [0.717, 1.165) is 18.8 Å². The first-order valence-electron chi connectivity index (χ1n) is 6.66. The van der Waals surface area contributed by atoms with Crippen molar-refractivity contribution >= 4 is 11.4 Å². The second-order valence-electron chi connectivity index (χ2n) is 5.16. The summed E-state index contributed by atoms with van der Waals surface area (Å²) < 4.78 is 0. The summed E-state index contributed by atoms with van der Waals surface area (Å²) in [6.07, 6.45) is 0. The summed E-state index contributed by atoms with van der Waals surface area (Å²) in [5.41, 5.74) is 0.913. The molecule has 0 aliphatic carbocycles. The molecular weight excluding hydrogens is 242 g/mol. The maximum Gasteiger partial charge on any atom is 0.271 e. The smallest absolute Gasteiger partial charge is 0.271 e. The Labute approximate surface area is 114 Å². The van der Waals surface area contributed by atoms with Crippen LogP contribution in [0.4, 0.5) is 11.4 Å². The fourth-order valence-electron chi connectivity index (χ4n) is 2.17. The summed E-state index contributed by atoms with van der Waals surface area (Å²) in [4.78, 5) is 12.7. The Bertz CT molecular complexity index is 411. The van der Waals surface area contributed by atoms with E-state index in [9.17, 15) is 10.1 Å². The third-order valence-corrected chi connectivity index (χ3v) is 3.08. The minimum absolute atomic E-state index is 0.120. The highest BCUT2D eigenvalue weighted by Crippen LogP contribution is 2.16. The van der Waals surface area contributed by atoms with Gasteiger partial charge in [-0.15, -0.1) is 0 Å². The van der Waals surface area contributed by atoms with Crippen molar-refractivity contribution in [3.05, 3.63) is 34.4 Å². The fraction of sp³-hybridized carbons (Fsp3) is 0.571. The van der Waals surface area contributed by atoms with Crippen LogP contribution in [0.15, 0.2) is 24.3 Å². The number of anilines is 1. The Hall–Kier alpha value is -1.62. The number of hydrogen-bond acceptors (Lipinski definition) is 4. The van der Waals surface area contributed by atoms with Gasteiger partial charge in [0, 0.05) is 43.0 Å². The molecule has 0 fully saturated rings. The van der Waals surface area contributed by atoms with Crippen LogP contribution in [0.5, 0.6) is 0 Å². The van der Waals surface area contributed by atoms with Crippen molar-refractivity contribution in [2.24, 2.45) is 0 Å². The minimum Gasteiger partial charge on any atom is -0.384 e. The Morgan fingerprint density at radius 3 is 2.42 bits per heavy atom. The minimum atomic E-state index is -0.375. The van der Waals surface area contributed by atoms with Crippen LogP contribution in [0.3, 0.4) is 0 Å². The van der Waals surface area contributed by atoms with Gasteiger partial charge in [0.2, 0.25) is 0 Å². The maximum atomic E-state index is 10.7. The normalized spacial score (nSPS) is 11.3. The van der Waals surface area contributed by atoms with E-state index in [0.29, 0.717) is 12.1 Å². The first-order valence-corrected chi connectivity index (χ1v) is 6.66. The van der Waals surface area contributed by atoms with Crippen LogP contribution in [0, 0.1) is 10.1 Å². The molecule has 0 atom stereocenters. The zero-order valence-electron chi connectivity index (χ0n) is 12.1. The Balaban J connectivity index is 2.53. The van der Waals surface area contributed by atoms with Crippen LogP contribution in [-0.4, -0.2) is 35.0 Å². The number of hydrogen-bond donors (Lipinski definition) is 1. The molecule has 5 heteroatoms. The quantitative estimate of drug-likeness (QED) is 0.608. The SMILES string of the molecule is CC(C)N(CCNc1cccc([N+](=O)[O-])c1)C(C)C. The molecule has 0 saturated heterocycles. The highest BCUT2D eigenvalue weighted by atomic mass is 16.6. The molecule has 1 aromatic rings. The summed E-state index contributed by atoms with van der Waals surface area (Å²) in [6, 6.07) is 7.60. The summed E-state index contributed by atoms with van der Waals surface area (Å²) in [7, 11) is 0. The first kappa shape index (κ1) is 15.4. The van der Waals surface area contributed by atoms with E-state index in [1.807, 2.05) is 6.07 Å². The average Bonchev–Trinajstić information content (AvgIpc) is 2.34. The zero-order chi connectivity index (χ0) is 14.4. The lowest BCUT2D eigenvalue weighted by atomic mass is 10.2. The molecule has 19 heavy (non-hydrogen) atoms. The van der Waals surface area contributed by atoms with Gasteiger partial charge in [0.1, 0.15) is 0 Å². The average molecular weight is 265 g/mol. The molecule has 5 nitrogen and oxygen atoms in total. The molecule has 0 bridgehead atoms. The molecule has 1 aromatic carbocycles. The lowest BCUT2D eigenvalue weighted by molar-refractivity contribution is -0.384. The number of nitro groups is 1. The van der Waals surface area contributed by atoms with Gasteiger partial charge in [0.25, 0.3) is 5.69 Å². The lowest BCUT2D eigenvalue weighted by Crippen LogP contribution is -2.40. The van der Waals surface area contributed by atoms with E-state index in [1.165, 1.54) is 6.07 Å². The molecule has 0 saturated carbocycles. The molecule has 0 aromatic heterocycles. The summed E-state index contributed by atoms with van der Waals surface area (Å²) in [5.74, 6) is 0. The van der Waals surface area contributed by atoms with Crippen LogP contribution < -0.4 is 5.32 Å². The van der Waals surface area contributed by atoms with Crippen molar-refractivity contribution in [1.29, 1.82) is 0 Å². The predicted octanol–water partition coefficient (Wildman–Crippen LogP) is 3.13. The highest BCUT2D eigenvalue weighted by molar-refractivity contribution is 5.50. The van der Waals surface area contributed by atoms with Crippen molar-refractivity contribution in [1.82, 2.24) is 4.90 Å². The molecule has 0 amide bonds. The third-order valence-electron chi connectivity index (χ3n) is 3.08. The van der Waals surface area contributed by atoms with Crippen LogP contribution in [0.2, 0.25) is 0 Å². The molecule has 0 aliphatic heterocycles. The number of rotatable bonds is 7. The number of nitro benzene ring substituents is 1. The van der Waals surface area contributed by atoms with Gasteiger partial charge in [-0.05, 0) is 33.8 Å². The molecule has 0 unspecified atom stereocenters. The van der Waals surface area contributed by atoms with Gasteiger partial charge in [0.15, 0.2) is 0 Å². The van der Waals surface area contributed by atoms with Crippen molar-refractivity contribution in [2.75, 3.05) is 18.4 Å². The van der Waals surface area contributed by atoms with Crippen LogP contribution >= 0.6 is 0 Å². The molecule has 1 rings (SSSR count).